The second-order valence-corrected chi connectivity index (χ2v) is 6.21. The fourth-order valence-electron chi connectivity index (χ4n) is 2.99. The second-order valence-electron chi connectivity index (χ2n) is 6.21. The molecule has 7 nitrogen and oxygen atoms in total. The number of benzene rings is 1. The molecule has 0 aliphatic carbocycles. The van der Waals surface area contributed by atoms with Gasteiger partial charge in [-0.15, -0.1) is 0 Å². The van der Waals surface area contributed by atoms with E-state index < -0.39 is 0 Å². The van der Waals surface area contributed by atoms with Crippen LogP contribution in [0.25, 0.3) is 11.1 Å². The van der Waals surface area contributed by atoms with Gasteiger partial charge in [0, 0.05) is 18.5 Å². The third-order valence-electron chi connectivity index (χ3n) is 4.34. The normalized spacial score (nSPS) is 15.4. The monoisotopic (exact) mass is 340 g/mol. The van der Waals surface area contributed by atoms with Gasteiger partial charge in [0.25, 0.3) is 5.71 Å². The number of nitrogens with one attached hydrogen (secondary N) is 1. The van der Waals surface area contributed by atoms with E-state index in [-0.39, 0.29) is 6.10 Å². The lowest BCUT2D eigenvalue weighted by Crippen LogP contribution is -2.26. The Bertz CT molecular complexity index is 887. The van der Waals surface area contributed by atoms with E-state index in [0.29, 0.717) is 11.5 Å². The van der Waals surface area contributed by atoms with Crippen molar-refractivity contribution in [1.29, 1.82) is 0 Å². The summed E-state index contributed by atoms with van der Waals surface area (Å²) in [4.78, 5) is 8.40. The van der Waals surface area contributed by atoms with Crippen LogP contribution in [0.5, 0.6) is 5.75 Å². The molecular formula is C18H20N4O3. The van der Waals surface area contributed by atoms with Crippen LogP contribution in [0.3, 0.4) is 0 Å². The van der Waals surface area contributed by atoms with Gasteiger partial charge in [-0.3, -0.25) is 0 Å². The van der Waals surface area contributed by atoms with E-state index in [9.17, 15) is 0 Å². The molecule has 1 aromatic carbocycles. The molecule has 130 valence electrons. The van der Waals surface area contributed by atoms with Crippen molar-refractivity contribution in [3.8, 4) is 5.75 Å². The number of aromatic nitrogens is 3. The molecule has 3 aromatic rings. The largest absolute Gasteiger partial charge is 0.490 e. The highest BCUT2D eigenvalue weighted by molar-refractivity contribution is 5.89. The SMILES string of the molecule is Cc1cc(Nc2ncnc3onc(C)c23)ccc1OC1CCOCC1. The number of hydrogen-bond donors (Lipinski definition) is 1. The number of nitrogens with zero attached hydrogens (tertiary/aromatic N) is 3. The number of anilines is 2. The topological polar surface area (TPSA) is 82.3 Å². The fraction of sp³-hybridized carbons (Fsp3) is 0.389. The lowest BCUT2D eigenvalue weighted by molar-refractivity contribution is 0.0253. The lowest BCUT2D eigenvalue weighted by Gasteiger charge is -2.24. The molecule has 0 spiro atoms. The molecule has 4 rings (SSSR count). The van der Waals surface area contributed by atoms with Crippen molar-refractivity contribution in [2.24, 2.45) is 0 Å². The summed E-state index contributed by atoms with van der Waals surface area (Å²) < 4.78 is 16.7. The van der Waals surface area contributed by atoms with Crippen LogP contribution in [0.4, 0.5) is 11.5 Å². The summed E-state index contributed by atoms with van der Waals surface area (Å²) in [5.41, 5.74) is 3.24. The first-order valence-electron chi connectivity index (χ1n) is 8.40. The van der Waals surface area contributed by atoms with Crippen LogP contribution in [-0.4, -0.2) is 34.4 Å². The van der Waals surface area contributed by atoms with Gasteiger partial charge in [-0.25, -0.2) is 4.98 Å². The third kappa shape index (κ3) is 3.28. The average molecular weight is 340 g/mol. The van der Waals surface area contributed by atoms with E-state index in [1.807, 2.05) is 32.0 Å². The zero-order valence-corrected chi connectivity index (χ0v) is 14.3. The van der Waals surface area contributed by atoms with Crippen LogP contribution in [0.2, 0.25) is 0 Å². The van der Waals surface area contributed by atoms with Crippen LogP contribution in [0.1, 0.15) is 24.1 Å². The van der Waals surface area contributed by atoms with Crippen molar-refractivity contribution in [2.75, 3.05) is 18.5 Å². The summed E-state index contributed by atoms with van der Waals surface area (Å²) in [7, 11) is 0. The smallest absolute Gasteiger partial charge is 0.263 e. The Labute approximate surface area is 145 Å². The molecule has 1 saturated heterocycles. The molecule has 3 heterocycles. The molecule has 2 aromatic heterocycles. The standard InChI is InChI=1S/C18H20N4O3/c1-11-9-13(3-4-15(11)24-14-5-7-23-8-6-14)21-17-16-12(2)22-25-18(16)20-10-19-17/h3-4,9-10,14H,5-8H2,1-2H3,(H,19,20,21). The van der Waals surface area contributed by atoms with Crippen LogP contribution < -0.4 is 10.1 Å². The molecule has 0 saturated carbocycles. The van der Waals surface area contributed by atoms with Crippen molar-refractivity contribution >= 4 is 22.6 Å². The molecule has 25 heavy (non-hydrogen) atoms. The molecule has 0 unspecified atom stereocenters. The molecule has 1 fully saturated rings. The highest BCUT2D eigenvalue weighted by Gasteiger charge is 2.17. The molecule has 0 bridgehead atoms. The highest BCUT2D eigenvalue weighted by Crippen LogP contribution is 2.29. The van der Waals surface area contributed by atoms with E-state index in [0.717, 1.165) is 54.1 Å². The van der Waals surface area contributed by atoms with Gasteiger partial charge in [0.1, 0.15) is 29.4 Å². The number of ether oxygens (including phenoxy) is 2. The van der Waals surface area contributed by atoms with Crippen LogP contribution in [-0.2, 0) is 4.74 Å². The van der Waals surface area contributed by atoms with Gasteiger partial charge in [-0.05, 0) is 37.6 Å². The molecule has 7 heteroatoms. The highest BCUT2D eigenvalue weighted by atomic mass is 16.5. The van der Waals surface area contributed by atoms with Gasteiger partial charge in [0.05, 0.1) is 18.9 Å². The summed E-state index contributed by atoms with van der Waals surface area (Å²) in [6.07, 6.45) is 3.56. The van der Waals surface area contributed by atoms with E-state index >= 15 is 0 Å². The maximum Gasteiger partial charge on any atom is 0.263 e. The number of aryl methyl sites for hydroxylation is 2. The second kappa shape index (κ2) is 6.68. The van der Waals surface area contributed by atoms with Crippen molar-refractivity contribution in [3.05, 3.63) is 35.8 Å². The number of fused-ring (bicyclic) bond motifs is 1. The Morgan fingerprint density at radius 1 is 1.16 bits per heavy atom. The molecule has 0 radical (unpaired) electrons. The first-order chi connectivity index (χ1) is 12.2. The van der Waals surface area contributed by atoms with Gasteiger partial charge in [0.15, 0.2) is 0 Å². The third-order valence-corrected chi connectivity index (χ3v) is 4.34. The van der Waals surface area contributed by atoms with Crippen LogP contribution >= 0.6 is 0 Å². The van der Waals surface area contributed by atoms with E-state index in [1.165, 1.54) is 6.33 Å². The fourth-order valence-corrected chi connectivity index (χ4v) is 2.99. The molecule has 1 aliphatic rings. The van der Waals surface area contributed by atoms with Gasteiger partial charge in [-0.2, -0.15) is 4.98 Å². The van der Waals surface area contributed by atoms with Crippen LogP contribution in [0, 0.1) is 13.8 Å². The number of rotatable bonds is 4. The van der Waals surface area contributed by atoms with Gasteiger partial charge in [-0.1, -0.05) is 5.16 Å². The molecule has 0 amide bonds. The Hall–Kier alpha value is -2.67. The van der Waals surface area contributed by atoms with Gasteiger partial charge < -0.3 is 19.3 Å². The Kier molecular flexibility index (Phi) is 4.23. The van der Waals surface area contributed by atoms with E-state index in [4.69, 9.17) is 14.0 Å². The van der Waals surface area contributed by atoms with Crippen molar-refractivity contribution in [3.63, 3.8) is 0 Å². The van der Waals surface area contributed by atoms with E-state index in [1.54, 1.807) is 0 Å². The zero-order valence-electron chi connectivity index (χ0n) is 14.3. The first kappa shape index (κ1) is 15.8. The summed E-state index contributed by atoms with van der Waals surface area (Å²) >= 11 is 0. The summed E-state index contributed by atoms with van der Waals surface area (Å²) in [6, 6.07) is 6.02. The maximum atomic E-state index is 6.11. The molecule has 1 aliphatic heterocycles. The molecule has 1 N–H and O–H groups in total. The predicted molar refractivity (Wildman–Crippen MR) is 93.3 cm³/mol. The Morgan fingerprint density at radius 2 is 2.00 bits per heavy atom. The quantitative estimate of drug-likeness (QED) is 0.778. The summed E-state index contributed by atoms with van der Waals surface area (Å²) in [6.45, 7) is 5.45. The Morgan fingerprint density at radius 3 is 2.80 bits per heavy atom. The lowest BCUT2D eigenvalue weighted by atomic mass is 10.1. The van der Waals surface area contributed by atoms with Gasteiger partial charge in [0.2, 0.25) is 0 Å². The molecule has 0 atom stereocenters. The minimum atomic E-state index is 0.229. The molecular weight excluding hydrogens is 320 g/mol. The minimum Gasteiger partial charge on any atom is -0.490 e. The van der Waals surface area contributed by atoms with E-state index in [2.05, 4.69) is 20.4 Å². The zero-order chi connectivity index (χ0) is 17.2. The number of hydrogen-bond acceptors (Lipinski definition) is 7. The predicted octanol–water partition coefficient (Wildman–Crippen LogP) is 3.54. The van der Waals surface area contributed by atoms with Crippen molar-refractivity contribution in [1.82, 2.24) is 15.1 Å². The van der Waals surface area contributed by atoms with Gasteiger partial charge >= 0.3 is 0 Å². The minimum absolute atomic E-state index is 0.229. The van der Waals surface area contributed by atoms with Crippen molar-refractivity contribution in [2.45, 2.75) is 32.8 Å². The van der Waals surface area contributed by atoms with Crippen molar-refractivity contribution < 1.29 is 14.0 Å². The van der Waals surface area contributed by atoms with Crippen LogP contribution in [0.15, 0.2) is 29.0 Å². The first-order valence-corrected chi connectivity index (χ1v) is 8.40. The average Bonchev–Trinajstić information content (AvgIpc) is 3.01. The summed E-state index contributed by atoms with van der Waals surface area (Å²) in [5.74, 6) is 1.59. The Balaban J connectivity index is 1.55. The maximum absolute atomic E-state index is 6.11. The summed E-state index contributed by atoms with van der Waals surface area (Å²) in [5, 5.41) is 8.06.